The van der Waals surface area contributed by atoms with Crippen LogP contribution >= 0.6 is 15.9 Å². The second kappa shape index (κ2) is 7.21. The molecule has 1 aromatic carbocycles. The van der Waals surface area contributed by atoms with E-state index in [4.69, 9.17) is 4.74 Å². The number of amides is 1. The standard InChI is InChI=1S/C14H16BrN3O2/c1-2-20-7-6-16-14(19)11-4-3-5-13(8-11)18-10-12(15)9-17-18/h3-5,8-10H,2,6-7H2,1H3,(H,16,19). The maximum atomic E-state index is 12.0. The van der Waals surface area contributed by atoms with Gasteiger partial charge in [-0.05, 0) is 41.1 Å². The maximum absolute atomic E-state index is 12.0. The van der Waals surface area contributed by atoms with Crippen molar-refractivity contribution >= 4 is 21.8 Å². The Labute approximate surface area is 126 Å². The molecule has 106 valence electrons. The van der Waals surface area contributed by atoms with Gasteiger partial charge in [0.1, 0.15) is 0 Å². The number of halogens is 1. The topological polar surface area (TPSA) is 56.1 Å². The van der Waals surface area contributed by atoms with Crippen molar-refractivity contribution in [2.45, 2.75) is 6.92 Å². The molecule has 6 heteroatoms. The molecule has 1 aromatic heterocycles. The first-order chi connectivity index (χ1) is 9.70. The highest BCUT2D eigenvalue weighted by molar-refractivity contribution is 9.10. The van der Waals surface area contributed by atoms with Crippen molar-refractivity contribution in [1.82, 2.24) is 15.1 Å². The van der Waals surface area contributed by atoms with Gasteiger partial charge in [0.25, 0.3) is 5.91 Å². The third-order valence-corrected chi connectivity index (χ3v) is 3.07. The van der Waals surface area contributed by atoms with Gasteiger partial charge in [-0.25, -0.2) is 4.68 Å². The number of nitrogens with zero attached hydrogens (tertiary/aromatic N) is 2. The normalized spacial score (nSPS) is 10.5. The Morgan fingerprint density at radius 3 is 3.05 bits per heavy atom. The highest BCUT2D eigenvalue weighted by Gasteiger charge is 2.07. The first kappa shape index (κ1) is 14.7. The fourth-order valence-corrected chi connectivity index (χ4v) is 2.00. The lowest BCUT2D eigenvalue weighted by Gasteiger charge is -2.07. The first-order valence-electron chi connectivity index (χ1n) is 6.37. The summed E-state index contributed by atoms with van der Waals surface area (Å²) in [6.07, 6.45) is 3.54. The zero-order chi connectivity index (χ0) is 14.4. The van der Waals surface area contributed by atoms with Gasteiger partial charge in [0.05, 0.1) is 23.0 Å². The van der Waals surface area contributed by atoms with E-state index in [1.165, 1.54) is 0 Å². The number of rotatable bonds is 6. The number of hydrogen-bond donors (Lipinski definition) is 1. The van der Waals surface area contributed by atoms with Gasteiger partial charge in [0, 0.05) is 24.9 Å². The molecule has 20 heavy (non-hydrogen) atoms. The number of ether oxygens (including phenoxy) is 1. The fourth-order valence-electron chi connectivity index (χ4n) is 1.71. The summed E-state index contributed by atoms with van der Waals surface area (Å²) >= 11 is 3.35. The quantitative estimate of drug-likeness (QED) is 0.823. The summed E-state index contributed by atoms with van der Waals surface area (Å²) in [6.45, 7) is 3.60. The third kappa shape index (κ3) is 3.91. The van der Waals surface area contributed by atoms with Crippen LogP contribution in [0.4, 0.5) is 0 Å². The molecule has 1 amide bonds. The third-order valence-electron chi connectivity index (χ3n) is 2.66. The molecular formula is C14H16BrN3O2. The van der Waals surface area contributed by atoms with Gasteiger partial charge >= 0.3 is 0 Å². The summed E-state index contributed by atoms with van der Waals surface area (Å²) in [4.78, 5) is 12.0. The van der Waals surface area contributed by atoms with E-state index >= 15 is 0 Å². The van der Waals surface area contributed by atoms with Gasteiger partial charge in [-0.15, -0.1) is 0 Å². The molecule has 0 saturated heterocycles. The molecule has 5 nitrogen and oxygen atoms in total. The summed E-state index contributed by atoms with van der Waals surface area (Å²) in [7, 11) is 0. The molecule has 0 radical (unpaired) electrons. The summed E-state index contributed by atoms with van der Waals surface area (Å²) in [6, 6.07) is 7.31. The van der Waals surface area contributed by atoms with Crippen LogP contribution in [-0.2, 0) is 4.74 Å². The van der Waals surface area contributed by atoms with E-state index in [1.807, 2.05) is 25.3 Å². The molecular weight excluding hydrogens is 322 g/mol. The van der Waals surface area contributed by atoms with Crippen LogP contribution in [-0.4, -0.2) is 35.4 Å². The minimum Gasteiger partial charge on any atom is -0.380 e. The van der Waals surface area contributed by atoms with Crippen LogP contribution in [0.3, 0.4) is 0 Å². The van der Waals surface area contributed by atoms with Gasteiger partial charge in [0.2, 0.25) is 0 Å². The average Bonchev–Trinajstić information content (AvgIpc) is 2.90. The highest BCUT2D eigenvalue weighted by Crippen LogP contribution is 2.13. The molecule has 0 fully saturated rings. The van der Waals surface area contributed by atoms with Crippen molar-refractivity contribution in [3.63, 3.8) is 0 Å². The second-order valence-corrected chi connectivity index (χ2v) is 5.02. The van der Waals surface area contributed by atoms with Crippen LogP contribution in [0, 0.1) is 0 Å². The van der Waals surface area contributed by atoms with Gasteiger partial charge in [-0.3, -0.25) is 4.79 Å². The largest absolute Gasteiger partial charge is 0.380 e. The van der Waals surface area contributed by atoms with Crippen LogP contribution in [0.1, 0.15) is 17.3 Å². The fraction of sp³-hybridized carbons (Fsp3) is 0.286. The molecule has 0 saturated carbocycles. The van der Waals surface area contributed by atoms with Crippen molar-refractivity contribution in [3.8, 4) is 5.69 Å². The van der Waals surface area contributed by atoms with E-state index in [-0.39, 0.29) is 5.91 Å². The van der Waals surface area contributed by atoms with Crippen LogP contribution in [0.25, 0.3) is 5.69 Å². The molecule has 0 unspecified atom stereocenters. The monoisotopic (exact) mass is 337 g/mol. The second-order valence-electron chi connectivity index (χ2n) is 4.11. The molecule has 0 aliphatic heterocycles. The van der Waals surface area contributed by atoms with Gasteiger partial charge in [0.15, 0.2) is 0 Å². The highest BCUT2D eigenvalue weighted by atomic mass is 79.9. The Hall–Kier alpha value is -1.66. The van der Waals surface area contributed by atoms with E-state index in [0.717, 1.165) is 10.2 Å². The van der Waals surface area contributed by atoms with Crippen molar-refractivity contribution in [1.29, 1.82) is 0 Å². The van der Waals surface area contributed by atoms with Crippen LogP contribution in [0.2, 0.25) is 0 Å². The zero-order valence-corrected chi connectivity index (χ0v) is 12.8. The van der Waals surface area contributed by atoms with Crippen molar-refractivity contribution in [3.05, 3.63) is 46.7 Å². The maximum Gasteiger partial charge on any atom is 0.251 e. The molecule has 2 aromatic rings. The predicted molar refractivity (Wildman–Crippen MR) is 80.1 cm³/mol. The number of carbonyl (C=O) groups excluding carboxylic acids is 1. The molecule has 2 rings (SSSR count). The number of carbonyl (C=O) groups is 1. The molecule has 0 bridgehead atoms. The average molecular weight is 338 g/mol. The SMILES string of the molecule is CCOCCNC(=O)c1cccc(-n2cc(Br)cn2)c1. The lowest BCUT2D eigenvalue weighted by Crippen LogP contribution is -2.27. The smallest absolute Gasteiger partial charge is 0.251 e. The minimum absolute atomic E-state index is 0.113. The molecule has 1 N–H and O–H groups in total. The van der Waals surface area contributed by atoms with E-state index in [1.54, 1.807) is 23.0 Å². The summed E-state index contributed by atoms with van der Waals surface area (Å²) in [5.74, 6) is -0.113. The van der Waals surface area contributed by atoms with Crippen molar-refractivity contribution in [2.75, 3.05) is 19.8 Å². The number of hydrogen-bond acceptors (Lipinski definition) is 3. The van der Waals surface area contributed by atoms with Crippen LogP contribution < -0.4 is 5.32 Å². The lowest BCUT2D eigenvalue weighted by atomic mass is 10.2. The summed E-state index contributed by atoms with van der Waals surface area (Å²) in [5.41, 5.74) is 1.44. The molecule has 0 aliphatic carbocycles. The molecule has 1 heterocycles. The van der Waals surface area contributed by atoms with E-state index in [0.29, 0.717) is 25.3 Å². The molecule has 0 spiro atoms. The van der Waals surface area contributed by atoms with Gasteiger partial charge in [-0.1, -0.05) is 6.07 Å². The van der Waals surface area contributed by atoms with Crippen molar-refractivity contribution in [2.24, 2.45) is 0 Å². The minimum atomic E-state index is -0.113. The van der Waals surface area contributed by atoms with E-state index < -0.39 is 0 Å². The van der Waals surface area contributed by atoms with Gasteiger partial charge in [-0.2, -0.15) is 5.10 Å². The first-order valence-corrected chi connectivity index (χ1v) is 7.16. The van der Waals surface area contributed by atoms with E-state index in [2.05, 4.69) is 26.3 Å². The number of nitrogens with one attached hydrogen (secondary N) is 1. The zero-order valence-electron chi connectivity index (χ0n) is 11.2. The Kier molecular flexibility index (Phi) is 5.31. The predicted octanol–water partition coefficient (Wildman–Crippen LogP) is 2.40. The van der Waals surface area contributed by atoms with E-state index in [9.17, 15) is 4.79 Å². The summed E-state index contributed by atoms with van der Waals surface area (Å²) < 4.78 is 7.78. The van der Waals surface area contributed by atoms with Crippen LogP contribution in [0.5, 0.6) is 0 Å². The number of aromatic nitrogens is 2. The number of benzene rings is 1. The Balaban J connectivity index is 2.04. The molecule has 0 atom stereocenters. The lowest BCUT2D eigenvalue weighted by molar-refractivity contribution is 0.0922. The Morgan fingerprint density at radius 2 is 2.35 bits per heavy atom. The Bertz CT molecular complexity index is 583. The van der Waals surface area contributed by atoms with Crippen LogP contribution in [0.15, 0.2) is 41.1 Å². The summed E-state index contributed by atoms with van der Waals surface area (Å²) in [5, 5.41) is 7.01. The van der Waals surface area contributed by atoms with Crippen molar-refractivity contribution < 1.29 is 9.53 Å². The van der Waals surface area contributed by atoms with Gasteiger partial charge < -0.3 is 10.1 Å². The Morgan fingerprint density at radius 1 is 1.50 bits per heavy atom. The molecule has 0 aliphatic rings.